The molecular weight excluding hydrogens is 350 g/mol. The number of nitrogens with one attached hydrogen (secondary N) is 1. The van der Waals surface area contributed by atoms with Crippen LogP contribution in [-0.2, 0) is 0 Å². The lowest BCUT2D eigenvalue weighted by molar-refractivity contribution is 0.297. The summed E-state index contributed by atoms with van der Waals surface area (Å²) in [4.78, 5) is 1.29. The highest BCUT2D eigenvalue weighted by atomic mass is 79.9. The van der Waals surface area contributed by atoms with E-state index in [2.05, 4.69) is 46.4 Å². The minimum atomic E-state index is 0.164. The van der Waals surface area contributed by atoms with Crippen molar-refractivity contribution in [3.8, 4) is 11.5 Å². The zero-order chi connectivity index (χ0) is 14.8. The highest BCUT2D eigenvalue weighted by Crippen LogP contribution is 2.37. The fourth-order valence-electron chi connectivity index (χ4n) is 2.46. The Balaban J connectivity index is 1.95. The molecule has 0 bridgehead atoms. The molecule has 112 valence electrons. The van der Waals surface area contributed by atoms with Crippen molar-refractivity contribution in [1.29, 1.82) is 0 Å². The van der Waals surface area contributed by atoms with Gasteiger partial charge in [-0.05, 0) is 59.2 Å². The number of aryl methyl sites for hydroxylation is 1. The molecular formula is C16H18BrNO2S. The Morgan fingerprint density at radius 3 is 2.62 bits per heavy atom. The van der Waals surface area contributed by atoms with Gasteiger partial charge in [-0.2, -0.15) is 0 Å². The van der Waals surface area contributed by atoms with E-state index in [1.807, 2.05) is 13.1 Å². The molecule has 1 unspecified atom stereocenters. The number of hydrogen-bond donors (Lipinski definition) is 1. The molecule has 0 radical (unpaired) electrons. The van der Waals surface area contributed by atoms with E-state index in [0.717, 1.165) is 24.5 Å². The molecule has 0 fully saturated rings. The lowest BCUT2D eigenvalue weighted by atomic mass is 10.0. The molecule has 0 amide bonds. The van der Waals surface area contributed by atoms with Gasteiger partial charge in [-0.3, -0.25) is 0 Å². The summed E-state index contributed by atoms with van der Waals surface area (Å²) in [7, 11) is 1.98. The molecule has 1 N–H and O–H groups in total. The zero-order valence-electron chi connectivity index (χ0n) is 12.1. The van der Waals surface area contributed by atoms with E-state index in [0.29, 0.717) is 6.61 Å². The predicted octanol–water partition coefficient (Wildman–Crippen LogP) is 4.29. The fourth-order valence-corrected chi connectivity index (χ4v) is 4.17. The van der Waals surface area contributed by atoms with Crippen LogP contribution in [-0.4, -0.2) is 20.3 Å². The molecule has 0 saturated heterocycles. The van der Waals surface area contributed by atoms with Crippen molar-refractivity contribution in [2.45, 2.75) is 19.4 Å². The van der Waals surface area contributed by atoms with Gasteiger partial charge in [-0.1, -0.05) is 6.07 Å². The second-order valence-electron chi connectivity index (χ2n) is 5.08. The van der Waals surface area contributed by atoms with Crippen LogP contribution >= 0.6 is 27.3 Å². The number of ether oxygens (including phenoxy) is 2. The second-order valence-corrected chi connectivity index (χ2v) is 7.49. The number of fused-ring (bicyclic) bond motifs is 1. The average Bonchev–Trinajstić information content (AvgIpc) is 2.69. The molecule has 21 heavy (non-hydrogen) atoms. The molecule has 2 heterocycles. The fraction of sp³-hybridized carbons (Fsp3) is 0.375. The summed E-state index contributed by atoms with van der Waals surface area (Å²) in [5.74, 6) is 1.69. The first-order valence-electron chi connectivity index (χ1n) is 7.01. The van der Waals surface area contributed by atoms with Crippen LogP contribution in [0.4, 0.5) is 0 Å². The predicted molar refractivity (Wildman–Crippen MR) is 89.7 cm³/mol. The summed E-state index contributed by atoms with van der Waals surface area (Å²) in [6.07, 6.45) is 0.927. The van der Waals surface area contributed by atoms with Gasteiger partial charge in [0.2, 0.25) is 0 Å². The Hall–Kier alpha value is -1.04. The van der Waals surface area contributed by atoms with Crippen LogP contribution in [0.15, 0.2) is 28.1 Å². The topological polar surface area (TPSA) is 30.5 Å². The lowest BCUT2D eigenvalue weighted by Gasteiger charge is -2.17. The van der Waals surface area contributed by atoms with Crippen LogP contribution in [0.3, 0.4) is 0 Å². The molecule has 1 aromatic heterocycles. The molecule has 1 aliphatic rings. The van der Waals surface area contributed by atoms with E-state index in [1.54, 1.807) is 11.3 Å². The third kappa shape index (κ3) is 3.10. The highest BCUT2D eigenvalue weighted by Gasteiger charge is 2.19. The maximum absolute atomic E-state index is 5.79. The van der Waals surface area contributed by atoms with Gasteiger partial charge >= 0.3 is 0 Å². The summed E-state index contributed by atoms with van der Waals surface area (Å²) >= 11 is 5.37. The summed E-state index contributed by atoms with van der Waals surface area (Å²) in [5.41, 5.74) is 2.46. The van der Waals surface area contributed by atoms with E-state index in [1.165, 1.54) is 19.8 Å². The third-order valence-corrected chi connectivity index (χ3v) is 5.76. The van der Waals surface area contributed by atoms with Crippen LogP contribution in [0.5, 0.6) is 11.5 Å². The second kappa shape index (κ2) is 6.38. The number of benzene rings is 1. The minimum absolute atomic E-state index is 0.164. The van der Waals surface area contributed by atoms with Crippen LogP contribution in [0.2, 0.25) is 0 Å². The summed E-state index contributed by atoms with van der Waals surface area (Å²) < 4.78 is 12.7. The maximum Gasteiger partial charge on any atom is 0.161 e. The number of thiophene rings is 1. The van der Waals surface area contributed by atoms with Crippen molar-refractivity contribution in [3.05, 3.63) is 44.1 Å². The molecule has 0 aliphatic carbocycles. The van der Waals surface area contributed by atoms with Gasteiger partial charge in [0.25, 0.3) is 0 Å². The smallest absolute Gasteiger partial charge is 0.161 e. The van der Waals surface area contributed by atoms with Crippen LogP contribution in [0, 0.1) is 6.92 Å². The first-order chi connectivity index (χ1) is 10.2. The zero-order valence-corrected chi connectivity index (χ0v) is 14.5. The van der Waals surface area contributed by atoms with Crippen LogP contribution in [0.1, 0.15) is 28.5 Å². The Morgan fingerprint density at radius 1 is 1.19 bits per heavy atom. The average molecular weight is 368 g/mol. The molecule has 1 aromatic carbocycles. The molecule has 5 heteroatoms. The Morgan fingerprint density at radius 2 is 1.95 bits per heavy atom. The van der Waals surface area contributed by atoms with Crippen molar-refractivity contribution in [2.75, 3.05) is 20.3 Å². The first-order valence-corrected chi connectivity index (χ1v) is 8.62. The van der Waals surface area contributed by atoms with Gasteiger partial charge in [0, 0.05) is 11.3 Å². The Labute approximate surface area is 137 Å². The van der Waals surface area contributed by atoms with E-state index < -0.39 is 0 Å². The molecule has 0 spiro atoms. The third-order valence-electron chi connectivity index (χ3n) is 3.55. The van der Waals surface area contributed by atoms with Gasteiger partial charge in [-0.25, -0.2) is 0 Å². The normalized spacial score (nSPS) is 15.6. The van der Waals surface area contributed by atoms with Gasteiger partial charge < -0.3 is 14.8 Å². The molecule has 1 aliphatic heterocycles. The maximum atomic E-state index is 5.79. The van der Waals surface area contributed by atoms with E-state index in [4.69, 9.17) is 9.47 Å². The minimum Gasteiger partial charge on any atom is -0.490 e. The van der Waals surface area contributed by atoms with Crippen molar-refractivity contribution >= 4 is 27.3 Å². The van der Waals surface area contributed by atoms with E-state index >= 15 is 0 Å². The van der Waals surface area contributed by atoms with Crippen LogP contribution in [0.25, 0.3) is 0 Å². The number of hydrogen-bond acceptors (Lipinski definition) is 4. The standard InChI is InChI=1S/C16H18BrNO2S/c1-10-8-14(21-16(10)17)15(18-2)11-4-5-12-13(9-11)20-7-3-6-19-12/h4-5,8-9,15,18H,3,6-7H2,1-2H3. The summed E-state index contributed by atoms with van der Waals surface area (Å²) in [5, 5.41) is 3.39. The van der Waals surface area contributed by atoms with Gasteiger partial charge in [0.1, 0.15) is 0 Å². The van der Waals surface area contributed by atoms with E-state index in [-0.39, 0.29) is 6.04 Å². The summed E-state index contributed by atoms with van der Waals surface area (Å²) in [6.45, 7) is 3.55. The SMILES string of the molecule is CNC(c1ccc2c(c1)OCCCO2)c1cc(C)c(Br)s1. The van der Waals surface area contributed by atoms with Gasteiger partial charge in [-0.15, -0.1) is 11.3 Å². The van der Waals surface area contributed by atoms with Crippen molar-refractivity contribution < 1.29 is 9.47 Å². The summed E-state index contributed by atoms with van der Waals surface area (Å²) in [6, 6.07) is 8.59. The molecule has 2 aromatic rings. The largest absolute Gasteiger partial charge is 0.490 e. The Kier molecular flexibility index (Phi) is 4.52. The molecule has 3 nitrogen and oxygen atoms in total. The van der Waals surface area contributed by atoms with Crippen LogP contribution < -0.4 is 14.8 Å². The quantitative estimate of drug-likeness (QED) is 0.877. The molecule has 0 saturated carbocycles. The van der Waals surface area contributed by atoms with Gasteiger partial charge in [0.15, 0.2) is 11.5 Å². The van der Waals surface area contributed by atoms with Crippen molar-refractivity contribution in [3.63, 3.8) is 0 Å². The molecule has 1 atom stereocenters. The number of halogens is 1. The Bertz CT molecular complexity index is 622. The van der Waals surface area contributed by atoms with Crippen molar-refractivity contribution in [1.82, 2.24) is 5.32 Å². The molecule has 3 rings (SSSR count). The first kappa shape index (κ1) is 14.9. The van der Waals surface area contributed by atoms with Gasteiger partial charge in [0.05, 0.1) is 23.0 Å². The highest BCUT2D eigenvalue weighted by molar-refractivity contribution is 9.11. The number of rotatable bonds is 3. The monoisotopic (exact) mass is 367 g/mol. The lowest BCUT2D eigenvalue weighted by Crippen LogP contribution is -2.16. The van der Waals surface area contributed by atoms with Crippen molar-refractivity contribution in [2.24, 2.45) is 0 Å². The van der Waals surface area contributed by atoms with E-state index in [9.17, 15) is 0 Å².